The quantitative estimate of drug-likeness (QED) is 0.188. The maximum absolute atomic E-state index is 5.42. The third-order valence-electron chi connectivity index (χ3n) is 11.6. The van der Waals surface area contributed by atoms with Crippen LogP contribution in [0.5, 0.6) is 0 Å². The molecule has 3 unspecified atom stereocenters. The summed E-state index contributed by atoms with van der Waals surface area (Å²) >= 11 is 0. The van der Waals surface area contributed by atoms with Gasteiger partial charge in [-0.1, -0.05) is 134 Å². The van der Waals surface area contributed by atoms with Crippen molar-refractivity contribution in [2.45, 2.75) is 31.3 Å². The van der Waals surface area contributed by atoms with Gasteiger partial charge in [0.05, 0.1) is 34.5 Å². The number of aryl methyl sites for hydroxylation is 1. The Morgan fingerprint density at radius 2 is 1.46 bits per heavy atom. The molecule has 4 nitrogen and oxygen atoms in total. The number of anilines is 1. The predicted octanol–water partition coefficient (Wildman–Crippen LogP) is 9.06. The van der Waals surface area contributed by atoms with Crippen LogP contribution in [0.3, 0.4) is 0 Å². The highest BCUT2D eigenvalue weighted by Gasteiger charge is 2.46. The van der Waals surface area contributed by atoms with Crippen molar-refractivity contribution in [3.05, 3.63) is 179 Å². The average Bonchev–Trinajstić information content (AvgIpc) is 3.73. The predicted molar refractivity (Wildman–Crippen MR) is 214 cm³/mol. The van der Waals surface area contributed by atoms with Crippen LogP contribution in [-0.4, -0.2) is 26.6 Å². The number of rotatable bonds is 4. The SMILES string of the molecule is C1=Cc2c(nc(N3C4CC=c5ccccc5=C4C4C=C(c5ccc6c(c5)c5ccccc5n6-c5ccccc5)C=CC43)nc2-c2ccccc2)CC1. The fourth-order valence-corrected chi connectivity index (χ4v) is 9.26. The molecule has 11 rings (SSSR count). The maximum Gasteiger partial charge on any atom is 0.227 e. The molecule has 3 heterocycles. The summed E-state index contributed by atoms with van der Waals surface area (Å²) in [4.78, 5) is 13.3. The van der Waals surface area contributed by atoms with Crippen LogP contribution in [0.2, 0.25) is 0 Å². The monoisotopic (exact) mass is 668 g/mol. The molecule has 3 aliphatic carbocycles. The van der Waals surface area contributed by atoms with Crippen molar-refractivity contribution >= 4 is 51.1 Å². The summed E-state index contributed by atoms with van der Waals surface area (Å²) in [5, 5.41) is 5.23. The lowest BCUT2D eigenvalue weighted by Gasteiger charge is -2.32. The third kappa shape index (κ3) is 4.47. The molecule has 5 aromatic carbocycles. The molecule has 0 amide bonds. The molecule has 0 radical (unpaired) electrons. The molecule has 7 aromatic rings. The highest BCUT2D eigenvalue weighted by Crippen LogP contribution is 2.46. The van der Waals surface area contributed by atoms with Crippen molar-refractivity contribution in [2.24, 2.45) is 5.92 Å². The zero-order valence-electron chi connectivity index (χ0n) is 28.7. The molecule has 248 valence electrons. The standard InChI is InChI=1S/C48H36N4/c1-3-14-32(15-4-1)47-38-20-9-11-21-41(38)49-48(50-47)52-44-27-25-34(30-40(44)46-36-18-8-7-13-31(36)23-28-45(46)52)33-24-26-43-39(29-33)37-19-10-12-22-42(37)51(43)35-16-5-2-6-17-35/h1-10,12-20,22-27,29-30,40,44-45H,11,21,28H2. The summed E-state index contributed by atoms with van der Waals surface area (Å²) in [7, 11) is 0. The molecule has 3 atom stereocenters. The van der Waals surface area contributed by atoms with E-state index in [1.165, 1.54) is 54.6 Å². The molecule has 1 saturated heterocycles. The van der Waals surface area contributed by atoms with Crippen LogP contribution in [0.15, 0.2) is 152 Å². The first kappa shape index (κ1) is 29.5. The molecule has 0 saturated carbocycles. The summed E-state index contributed by atoms with van der Waals surface area (Å²) in [6.07, 6.45) is 17.1. The van der Waals surface area contributed by atoms with Crippen LogP contribution in [0.4, 0.5) is 5.95 Å². The lowest BCUT2D eigenvalue weighted by atomic mass is 9.82. The molecule has 1 fully saturated rings. The van der Waals surface area contributed by atoms with Gasteiger partial charge in [0.2, 0.25) is 5.95 Å². The Labute approximate surface area is 302 Å². The minimum Gasteiger partial charge on any atom is -0.326 e. The van der Waals surface area contributed by atoms with E-state index in [1.54, 1.807) is 0 Å². The Kier molecular flexibility index (Phi) is 6.60. The van der Waals surface area contributed by atoms with Crippen molar-refractivity contribution in [1.82, 2.24) is 14.5 Å². The Morgan fingerprint density at radius 3 is 2.37 bits per heavy atom. The fourth-order valence-electron chi connectivity index (χ4n) is 9.26. The van der Waals surface area contributed by atoms with Crippen molar-refractivity contribution in [3.8, 4) is 16.9 Å². The molecular weight excluding hydrogens is 633 g/mol. The van der Waals surface area contributed by atoms with E-state index in [-0.39, 0.29) is 18.0 Å². The van der Waals surface area contributed by atoms with Gasteiger partial charge in [-0.15, -0.1) is 0 Å². The number of allylic oxidation sites excluding steroid dienone is 3. The normalized spacial score (nSPS) is 19.9. The average molecular weight is 669 g/mol. The van der Waals surface area contributed by atoms with Crippen LogP contribution in [-0.2, 0) is 6.42 Å². The van der Waals surface area contributed by atoms with Crippen molar-refractivity contribution in [3.63, 3.8) is 0 Å². The van der Waals surface area contributed by atoms with E-state index in [0.717, 1.165) is 47.7 Å². The van der Waals surface area contributed by atoms with E-state index in [1.807, 2.05) is 0 Å². The van der Waals surface area contributed by atoms with Crippen LogP contribution >= 0.6 is 0 Å². The zero-order chi connectivity index (χ0) is 34.2. The van der Waals surface area contributed by atoms with E-state index in [0.29, 0.717) is 0 Å². The Morgan fingerprint density at radius 1 is 0.673 bits per heavy atom. The summed E-state index contributed by atoms with van der Waals surface area (Å²) in [6.45, 7) is 0. The molecule has 4 heteroatoms. The van der Waals surface area contributed by atoms with E-state index >= 15 is 0 Å². The molecule has 0 spiro atoms. The summed E-state index contributed by atoms with van der Waals surface area (Å²) in [5.74, 6) is 1.04. The topological polar surface area (TPSA) is 34.0 Å². The van der Waals surface area contributed by atoms with Crippen molar-refractivity contribution < 1.29 is 0 Å². The van der Waals surface area contributed by atoms with Gasteiger partial charge in [0.1, 0.15) is 0 Å². The Bertz CT molecular complexity index is 2790. The highest BCUT2D eigenvalue weighted by molar-refractivity contribution is 6.10. The molecule has 1 aliphatic heterocycles. The van der Waals surface area contributed by atoms with Crippen LogP contribution < -0.4 is 15.3 Å². The van der Waals surface area contributed by atoms with E-state index in [2.05, 4.69) is 173 Å². The molecule has 2 aromatic heterocycles. The lowest BCUT2D eigenvalue weighted by Crippen LogP contribution is -2.41. The number of aromatic nitrogens is 3. The molecular formula is C48H36N4. The van der Waals surface area contributed by atoms with Gasteiger partial charge in [-0.2, -0.15) is 0 Å². The zero-order valence-corrected chi connectivity index (χ0v) is 28.7. The fraction of sp³-hybridized carbons (Fsp3) is 0.125. The van der Waals surface area contributed by atoms with Crippen molar-refractivity contribution in [2.75, 3.05) is 4.90 Å². The Hall–Kier alpha value is -6.26. The first-order valence-corrected chi connectivity index (χ1v) is 18.5. The first-order valence-electron chi connectivity index (χ1n) is 18.5. The number of nitrogens with zero attached hydrogens (tertiary/aromatic N) is 4. The van der Waals surface area contributed by atoms with Crippen LogP contribution in [0.25, 0.3) is 62.0 Å². The van der Waals surface area contributed by atoms with E-state index in [4.69, 9.17) is 9.97 Å². The number of benzene rings is 5. The van der Waals surface area contributed by atoms with Gasteiger partial charge < -0.3 is 9.47 Å². The largest absolute Gasteiger partial charge is 0.326 e. The molecule has 52 heavy (non-hydrogen) atoms. The van der Waals surface area contributed by atoms with Crippen LogP contribution in [0.1, 0.15) is 29.7 Å². The number of fused-ring (bicyclic) bond motifs is 8. The second-order valence-electron chi connectivity index (χ2n) is 14.4. The van der Waals surface area contributed by atoms with Gasteiger partial charge in [-0.05, 0) is 76.7 Å². The Balaban J connectivity index is 1.07. The van der Waals surface area contributed by atoms with Gasteiger partial charge in [-0.3, -0.25) is 0 Å². The summed E-state index contributed by atoms with van der Waals surface area (Å²) in [6, 6.07) is 46.3. The second-order valence-corrected chi connectivity index (χ2v) is 14.4. The molecule has 4 aliphatic rings. The highest BCUT2D eigenvalue weighted by atomic mass is 15.3. The van der Waals surface area contributed by atoms with E-state index < -0.39 is 0 Å². The minimum absolute atomic E-state index is 0.118. The van der Waals surface area contributed by atoms with Crippen LogP contribution in [0, 0.1) is 5.92 Å². The molecule has 0 N–H and O–H groups in total. The number of para-hydroxylation sites is 2. The van der Waals surface area contributed by atoms with Crippen molar-refractivity contribution in [1.29, 1.82) is 0 Å². The summed E-state index contributed by atoms with van der Waals surface area (Å²) < 4.78 is 2.39. The van der Waals surface area contributed by atoms with Gasteiger partial charge in [0, 0.05) is 33.5 Å². The minimum atomic E-state index is 0.118. The first-order chi connectivity index (χ1) is 25.8. The van der Waals surface area contributed by atoms with E-state index in [9.17, 15) is 0 Å². The molecule has 0 bridgehead atoms. The maximum atomic E-state index is 5.42. The smallest absolute Gasteiger partial charge is 0.227 e. The van der Waals surface area contributed by atoms with Gasteiger partial charge in [0.15, 0.2) is 0 Å². The lowest BCUT2D eigenvalue weighted by molar-refractivity contribution is 0.657. The number of hydrogen-bond donors (Lipinski definition) is 0. The second kappa shape index (κ2) is 11.6. The summed E-state index contributed by atoms with van der Waals surface area (Å²) in [5.41, 5.74) is 12.1. The van der Waals surface area contributed by atoms with Gasteiger partial charge in [0.25, 0.3) is 0 Å². The number of hydrogen-bond acceptors (Lipinski definition) is 3. The van der Waals surface area contributed by atoms with Gasteiger partial charge in [-0.25, -0.2) is 9.97 Å². The van der Waals surface area contributed by atoms with Gasteiger partial charge >= 0.3 is 0 Å². The third-order valence-corrected chi connectivity index (χ3v) is 11.6.